The van der Waals surface area contributed by atoms with Crippen LogP contribution in [0.4, 0.5) is 13.2 Å². The van der Waals surface area contributed by atoms with Crippen LogP contribution >= 0.6 is 15.9 Å². The van der Waals surface area contributed by atoms with E-state index >= 15 is 0 Å². The van der Waals surface area contributed by atoms with Gasteiger partial charge in [-0.1, -0.05) is 22.0 Å². The Morgan fingerprint density at radius 2 is 1.90 bits per heavy atom. The number of benzene rings is 1. The molecule has 1 aliphatic heterocycles. The maximum atomic E-state index is 12.8. The molecule has 1 aliphatic carbocycles. The van der Waals surface area contributed by atoms with Crippen molar-refractivity contribution in [3.8, 4) is 5.75 Å². The van der Waals surface area contributed by atoms with E-state index in [-0.39, 0.29) is 18.9 Å². The van der Waals surface area contributed by atoms with E-state index in [4.69, 9.17) is 10.5 Å². The van der Waals surface area contributed by atoms with Crippen LogP contribution in [-0.4, -0.2) is 11.8 Å². The molecule has 0 unspecified atom stereocenters. The van der Waals surface area contributed by atoms with Gasteiger partial charge in [-0.2, -0.15) is 13.2 Å². The molecule has 0 saturated heterocycles. The zero-order valence-electron chi connectivity index (χ0n) is 11.4. The molecule has 6 heteroatoms. The van der Waals surface area contributed by atoms with E-state index in [0.29, 0.717) is 25.0 Å². The molecule has 1 heterocycles. The summed E-state index contributed by atoms with van der Waals surface area (Å²) in [5, 5.41) is 0. The third-order valence-corrected chi connectivity index (χ3v) is 5.15. The first-order chi connectivity index (χ1) is 9.79. The fourth-order valence-corrected chi connectivity index (χ4v) is 3.81. The lowest BCUT2D eigenvalue weighted by Crippen LogP contribution is -2.47. The molecule has 116 valence electrons. The van der Waals surface area contributed by atoms with Crippen molar-refractivity contribution in [1.29, 1.82) is 0 Å². The Hall–Kier alpha value is -0.750. The van der Waals surface area contributed by atoms with Crippen LogP contribution in [0.25, 0.3) is 0 Å². The molecule has 1 atom stereocenters. The van der Waals surface area contributed by atoms with Gasteiger partial charge >= 0.3 is 6.18 Å². The van der Waals surface area contributed by atoms with Gasteiger partial charge in [-0.25, -0.2) is 0 Å². The van der Waals surface area contributed by atoms with Gasteiger partial charge in [0.15, 0.2) is 0 Å². The summed E-state index contributed by atoms with van der Waals surface area (Å²) < 4.78 is 45.4. The van der Waals surface area contributed by atoms with Crippen molar-refractivity contribution in [3.63, 3.8) is 0 Å². The summed E-state index contributed by atoms with van der Waals surface area (Å²) in [7, 11) is 0. The van der Waals surface area contributed by atoms with Crippen LogP contribution in [0, 0.1) is 5.92 Å². The molecular weight excluding hydrogens is 347 g/mol. The average Bonchev–Trinajstić information content (AvgIpc) is 2.37. The summed E-state index contributed by atoms with van der Waals surface area (Å²) in [6.07, 6.45) is -2.43. The zero-order valence-corrected chi connectivity index (χ0v) is 13.0. The van der Waals surface area contributed by atoms with E-state index in [1.54, 1.807) is 0 Å². The maximum absolute atomic E-state index is 12.8. The summed E-state index contributed by atoms with van der Waals surface area (Å²) >= 11 is 3.39. The Morgan fingerprint density at radius 1 is 1.24 bits per heavy atom. The molecule has 1 saturated carbocycles. The van der Waals surface area contributed by atoms with Crippen LogP contribution in [0.15, 0.2) is 22.7 Å². The molecule has 0 amide bonds. The Kier molecular flexibility index (Phi) is 3.72. The fraction of sp³-hybridized carbons (Fsp3) is 0.600. The molecule has 0 aromatic heterocycles. The summed E-state index contributed by atoms with van der Waals surface area (Å²) in [5.74, 6) is -0.500. The van der Waals surface area contributed by atoms with Crippen molar-refractivity contribution in [1.82, 2.24) is 0 Å². The third-order valence-electron chi connectivity index (χ3n) is 4.65. The largest absolute Gasteiger partial charge is 0.487 e. The number of alkyl halides is 3. The lowest BCUT2D eigenvalue weighted by molar-refractivity contribution is -0.191. The average molecular weight is 364 g/mol. The van der Waals surface area contributed by atoms with E-state index < -0.39 is 17.7 Å². The first-order valence-electron chi connectivity index (χ1n) is 7.10. The number of hydrogen-bond donors (Lipinski definition) is 1. The monoisotopic (exact) mass is 363 g/mol. The molecule has 2 aliphatic rings. The summed E-state index contributed by atoms with van der Waals surface area (Å²) in [6, 6.07) is 5.49. The van der Waals surface area contributed by atoms with E-state index in [9.17, 15) is 13.2 Å². The van der Waals surface area contributed by atoms with Gasteiger partial charge in [0.25, 0.3) is 0 Å². The van der Waals surface area contributed by atoms with Gasteiger partial charge in [-0.05, 0) is 37.8 Å². The highest BCUT2D eigenvalue weighted by atomic mass is 79.9. The van der Waals surface area contributed by atoms with Crippen molar-refractivity contribution < 1.29 is 17.9 Å². The standard InChI is InChI=1S/C15H17BrF3NO/c16-10-1-2-11-12(20)8-14(21-13(11)7-10)5-3-9(4-6-14)15(17,18)19/h1-2,7,9,12H,3-6,8,20H2/t9?,12-,14?/m1/s1. The van der Waals surface area contributed by atoms with Crippen LogP contribution in [0.5, 0.6) is 5.75 Å². The molecular formula is C15H17BrF3NO. The van der Waals surface area contributed by atoms with Crippen molar-refractivity contribution >= 4 is 15.9 Å². The number of fused-ring (bicyclic) bond motifs is 1. The quantitative estimate of drug-likeness (QED) is 0.723. The molecule has 1 fully saturated rings. The highest BCUT2D eigenvalue weighted by Gasteiger charge is 2.49. The predicted molar refractivity (Wildman–Crippen MR) is 77.1 cm³/mol. The van der Waals surface area contributed by atoms with E-state index in [1.807, 2.05) is 18.2 Å². The lowest BCUT2D eigenvalue weighted by Gasteiger charge is -2.45. The summed E-state index contributed by atoms with van der Waals surface area (Å²) in [5.41, 5.74) is 6.60. The predicted octanol–water partition coefficient (Wildman–Crippen LogP) is 4.72. The van der Waals surface area contributed by atoms with Crippen molar-refractivity contribution in [3.05, 3.63) is 28.2 Å². The van der Waals surface area contributed by atoms with E-state index in [2.05, 4.69) is 15.9 Å². The minimum atomic E-state index is -4.10. The number of hydrogen-bond acceptors (Lipinski definition) is 2. The number of nitrogens with two attached hydrogens (primary N) is 1. The Morgan fingerprint density at radius 3 is 2.52 bits per heavy atom. The van der Waals surface area contributed by atoms with Crippen LogP contribution in [0.1, 0.15) is 43.7 Å². The molecule has 1 aromatic rings. The normalized spacial score (nSPS) is 32.6. The molecule has 0 bridgehead atoms. The third kappa shape index (κ3) is 2.93. The molecule has 21 heavy (non-hydrogen) atoms. The van der Waals surface area contributed by atoms with Gasteiger partial charge in [-0.3, -0.25) is 0 Å². The second-order valence-corrected chi connectivity index (χ2v) is 7.01. The van der Waals surface area contributed by atoms with Crippen LogP contribution < -0.4 is 10.5 Å². The highest BCUT2D eigenvalue weighted by Crippen LogP contribution is 2.49. The summed E-state index contributed by atoms with van der Waals surface area (Å²) in [6.45, 7) is 0. The smallest absolute Gasteiger partial charge is 0.391 e. The van der Waals surface area contributed by atoms with Gasteiger partial charge in [0.05, 0.1) is 5.92 Å². The topological polar surface area (TPSA) is 35.2 Å². The summed E-state index contributed by atoms with van der Waals surface area (Å²) in [4.78, 5) is 0. The van der Waals surface area contributed by atoms with Crippen molar-refractivity contribution in [2.24, 2.45) is 11.7 Å². The van der Waals surface area contributed by atoms with Crippen molar-refractivity contribution in [2.75, 3.05) is 0 Å². The first-order valence-corrected chi connectivity index (χ1v) is 7.89. The highest BCUT2D eigenvalue weighted by molar-refractivity contribution is 9.10. The van der Waals surface area contributed by atoms with Gasteiger partial charge < -0.3 is 10.5 Å². The molecule has 1 aromatic carbocycles. The van der Waals surface area contributed by atoms with Gasteiger partial charge in [-0.15, -0.1) is 0 Å². The van der Waals surface area contributed by atoms with Crippen molar-refractivity contribution in [2.45, 2.75) is 49.9 Å². The van der Waals surface area contributed by atoms with E-state index in [0.717, 1.165) is 10.0 Å². The lowest BCUT2D eigenvalue weighted by atomic mass is 9.73. The second-order valence-electron chi connectivity index (χ2n) is 6.09. The van der Waals surface area contributed by atoms with Gasteiger partial charge in [0, 0.05) is 22.5 Å². The molecule has 3 rings (SSSR count). The fourth-order valence-electron chi connectivity index (χ4n) is 3.47. The molecule has 2 nitrogen and oxygen atoms in total. The zero-order chi connectivity index (χ0) is 15.3. The van der Waals surface area contributed by atoms with Crippen LogP contribution in [0.2, 0.25) is 0 Å². The maximum Gasteiger partial charge on any atom is 0.391 e. The SMILES string of the molecule is N[C@@H]1CC2(CCC(C(F)(F)F)CC2)Oc2cc(Br)ccc21. The minimum Gasteiger partial charge on any atom is -0.487 e. The van der Waals surface area contributed by atoms with E-state index in [1.165, 1.54) is 0 Å². The van der Waals surface area contributed by atoms with Gasteiger partial charge in [0.2, 0.25) is 0 Å². The minimum absolute atomic E-state index is 0.125. The number of ether oxygens (including phenoxy) is 1. The van der Waals surface area contributed by atoms with Crippen LogP contribution in [-0.2, 0) is 0 Å². The Labute approximate surface area is 130 Å². The number of rotatable bonds is 0. The first kappa shape index (κ1) is 15.2. The Bertz CT molecular complexity index is 538. The molecule has 2 N–H and O–H groups in total. The van der Waals surface area contributed by atoms with Crippen LogP contribution in [0.3, 0.4) is 0 Å². The molecule has 1 spiro atoms. The van der Waals surface area contributed by atoms with Gasteiger partial charge in [0.1, 0.15) is 11.4 Å². The second kappa shape index (κ2) is 5.16. The number of halogens is 4. The molecule has 0 radical (unpaired) electrons. The Balaban J connectivity index is 1.80.